The van der Waals surface area contributed by atoms with Gasteiger partial charge in [0.2, 0.25) is 15.9 Å². The van der Waals surface area contributed by atoms with Crippen molar-refractivity contribution in [3.05, 3.63) is 59.2 Å². The minimum absolute atomic E-state index is 0.00208. The summed E-state index contributed by atoms with van der Waals surface area (Å²) in [5.41, 5.74) is 3.46. The molecule has 2 aliphatic rings. The van der Waals surface area contributed by atoms with E-state index < -0.39 is 10.0 Å². The summed E-state index contributed by atoms with van der Waals surface area (Å²) in [5.74, 6) is 0.614. The molecule has 32 heavy (non-hydrogen) atoms. The molecule has 1 N–H and O–H groups in total. The zero-order valence-electron chi connectivity index (χ0n) is 18.8. The van der Waals surface area contributed by atoms with E-state index in [4.69, 9.17) is 4.74 Å². The summed E-state index contributed by atoms with van der Waals surface area (Å²) in [6, 6.07) is 13.2. The molecule has 1 unspecified atom stereocenters. The Kier molecular flexibility index (Phi) is 6.86. The van der Waals surface area contributed by atoms with Crippen molar-refractivity contribution in [3.8, 4) is 5.75 Å². The Balaban J connectivity index is 1.36. The molecule has 0 spiro atoms. The summed E-state index contributed by atoms with van der Waals surface area (Å²) < 4.78 is 33.0. The Morgan fingerprint density at radius 1 is 1.09 bits per heavy atom. The summed E-state index contributed by atoms with van der Waals surface area (Å²) >= 11 is 0. The lowest BCUT2D eigenvalue weighted by atomic mass is 9.95. The molecule has 1 heterocycles. The number of ether oxygens (including phenoxy) is 1. The first-order valence-electron chi connectivity index (χ1n) is 11.5. The maximum absolute atomic E-state index is 13.1. The van der Waals surface area contributed by atoms with Crippen LogP contribution in [0.2, 0.25) is 0 Å². The molecule has 6 nitrogen and oxygen atoms in total. The van der Waals surface area contributed by atoms with E-state index in [-0.39, 0.29) is 17.9 Å². The Morgan fingerprint density at radius 2 is 1.78 bits per heavy atom. The SMILES string of the molecule is CCC(NC(=O)C1CCN(S(=O)(=O)c2ccc3c(c2)CCC3)CC1)c1ccc(OC)cc1. The number of nitrogens with zero attached hydrogens (tertiary/aromatic N) is 1. The Labute approximate surface area is 191 Å². The number of nitrogens with one attached hydrogen (secondary N) is 1. The lowest BCUT2D eigenvalue weighted by molar-refractivity contribution is -0.126. The van der Waals surface area contributed by atoms with Crippen molar-refractivity contribution >= 4 is 15.9 Å². The molecule has 0 bridgehead atoms. The largest absolute Gasteiger partial charge is 0.497 e. The van der Waals surface area contributed by atoms with E-state index in [2.05, 4.69) is 5.32 Å². The number of piperidine rings is 1. The predicted molar refractivity (Wildman–Crippen MR) is 124 cm³/mol. The zero-order chi connectivity index (χ0) is 22.7. The van der Waals surface area contributed by atoms with Gasteiger partial charge in [-0.2, -0.15) is 4.31 Å². The van der Waals surface area contributed by atoms with Crippen molar-refractivity contribution in [2.24, 2.45) is 5.92 Å². The molecule has 1 saturated heterocycles. The maximum atomic E-state index is 13.1. The summed E-state index contributed by atoms with van der Waals surface area (Å²) in [4.78, 5) is 13.3. The number of aryl methyl sites for hydroxylation is 2. The van der Waals surface area contributed by atoms with E-state index in [1.54, 1.807) is 13.2 Å². The molecule has 1 fully saturated rings. The molecule has 7 heteroatoms. The number of carbonyl (C=O) groups is 1. The fourth-order valence-corrected chi connectivity index (χ4v) is 6.28. The molecule has 1 aliphatic carbocycles. The smallest absolute Gasteiger partial charge is 0.243 e. The number of hydrogen-bond donors (Lipinski definition) is 1. The standard InChI is InChI=1S/C25H32N2O4S/c1-3-24(19-7-10-22(31-2)11-8-19)26-25(28)20-13-15-27(16-14-20)32(29,30)23-12-9-18-5-4-6-21(18)17-23/h7-12,17,20,24H,3-6,13-16H2,1-2H3,(H,26,28). The van der Waals surface area contributed by atoms with E-state index in [0.29, 0.717) is 30.8 Å². The zero-order valence-corrected chi connectivity index (χ0v) is 19.7. The second kappa shape index (κ2) is 9.63. The van der Waals surface area contributed by atoms with Crippen LogP contribution in [0.5, 0.6) is 5.75 Å². The van der Waals surface area contributed by atoms with E-state index in [1.165, 1.54) is 9.87 Å². The first kappa shape index (κ1) is 22.8. The topological polar surface area (TPSA) is 75.7 Å². The van der Waals surface area contributed by atoms with Gasteiger partial charge in [0, 0.05) is 19.0 Å². The molecule has 1 amide bonds. The van der Waals surface area contributed by atoms with Gasteiger partial charge < -0.3 is 10.1 Å². The number of amides is 1. The fraction of sp³-hybridized carbons (Fsp3) is 0.480. The second-order valence-electron chi connectivity index (χ2n) is 8.71. The van der Waals surface area contributed by atoms with Gasteiger partial charge in [-0.3, -0.25) is 4.79 Å². The molecular weight excluding hydrogens is 424 g/mol. The van der Waals surface area contributed by atoms with Gasteiger partial charge in [-0.25, -0.2) is 8.42 Å². The van der Waals surface area contributed by atoms with E-state index >= 15 is 0 Å². The molecule has 4 rings (SSSR count). The molecule has 1 atom stereocenters. The molecule has 2 aromatic carbocycles. The third-order valence-corrected chi connectivity index (χ3v) is 8.67. The molecule has 1 aliphatic heterocycles. The monoisotopic (exact) mass is 456 g/mol. The van der Waals surface area contributed by atoms with Crippen LogP contribution < -0.4 is 10.1 Å². The average molecular weight is 457 g/mol. The summed E-state index contributed by atoms with van der Waals surface area (Å²) in [5, 5.41) is 3.16. The number of fused-ring (bicyclic) bond motifs is 1. The van der Waals surface area contributed by atoms with Gasteiger partial charge in [-0.15, -0.1) is 0 Å². The van der Waals surface area contributed by atoms with Gasteiger partial charge in [-0.1, -0.05) is 25.1 Å². The van der Waals surface area contributed by atoms with E-state index in [9.17, 15) is 13.2 Å². The van der Waals surface area contributed by atoms with Crippen molar-refractivity contribution in [2.75, 3.05) is 20.2 Å². The van der Waals surface area contributed by atoms with Crippen LogP contribution in [0.1, 0.15) is 55.3 Å². The molecule has 172 valence electrons. The van der Waals surface area contributed by atoms with Crippen LogP contribution in [0, 0.1) is 5.92 Å². The summed E-state index contributed by atoms with van der Waals surface area (Å²) in [6.45, 7) is 2.79. The molecular formula is C25H32N2O4S. The number of hydrogen-bond acceptors (Lipinski definition) is 4. The Hall–Kier alpha value is -2.38. The van der Waals surface area contributed by atoms with Gasteiger partial charge >= 0.3 is 0 Å². The molecule has 0 radical (unpaired) electrons. The van der Waals surface area contributed by atoms with Crippen molar-refractivity contribution in [1.29, 1.82) is 0 Å². The highest BCUT2D eigenvalue weighted by Crippen LogP contribution is 2.29. The average Bonchev–Trinajstić information content (AvgIpc) is 3.30. The van der Waals surface area contributed by atoms with E-state index in [1.807, 2.05) is 43.3 Å². The van der Waals surface area contributed by atoms with Crippen molar-refractivity contribution in [1.82, 2.24) is 9.62 Å². The normalized spacial score (nSPS) is 18.2. The first-order valence-corrected chi connectivity index (χ1v) is 12.9. The van der Waals surface area contributed by atoms with Gasteiger partial charge in [0.05, 0.1) is 18.0 Å². The lowest BCUT2D eigenvalue weighted by Crippen LogP contribution is -2.43. The van der Waals surface area contributed by atoms with Crippen molar-refractivity contribution < 1.29 is 17.9 Å². The number of sulfonamides is 1. The lowest BCUT2D eigenvalue weighted by Gasteiger charge is -2.31. The van der Waals surface area contributed by atoms with Crippen LogP contribution in [-0.4, -0.2) is 38.8 Å². The van der Waals surface area contributed by atoms with Crippen molar-refractivity contribution in [2.45, 2.75) is 56.4 Å². The maximum Gasteiger partial charge on any atom is 0.243 e. The number of methoxy groups -OCH3 is 1. The Morgan fingerprint density at radius 3 is 2.44 bits per heavy atom. The molecule has 0 saturated carbocycles. The third-order valence-electron chi connectivity index (χ3n) is 6.78. The quantitative estimate of drug-likeness (QED) is 0.687. The van der Waals surface area contributed by atoms with Gasteiger partial charge in [0.15, 0.2) is 0 Å². The summed E-state index contributed by atoms with van der Waals surface area (Å²) in [7, 11) is -1.89. The van der Waals surface area contributed by atoms with Gasteiger partial charge in [0.1, 0.15) is 5.75 Å². The highest BCUT2D eigenvalue weighted by Gasteiger charge is 2.33. The predicted octanol–water partition coefficient (Wildman–Crippen LogP) is 3.85. The second-order valence-corrected chi connectivity index (χ2v) is 10.6. The number of carbonyl (C=O) groups excluding carboxylic acids is 1. The van der Waals surface area contributed by atoms with Crippen LogP contribution in [0.25, 0.3) is 0 Å². The summed E-state index contributed by atoms with van der Waals surface area (Å²) in [6.07, 6.45) is 4.93. The van der Waals surface area contributed by atoms with Crippen LogP contribution in [0.15, 0.2) is 47.4 Å². The molecule has 2 aromatic rings. The number of rotatable bonds is 7. The van der Waals surface area contributed by atoms with Crippen LogP contribution in [0.4, 0.5) is 0 Å². The molecule has 0 aromatic heterocycles. The van der Waals surface area contributed by atoms with Crippen LogP contribution in [0.3, 0.4) is 0 Å². The van der Waals surface area contributed by atoms with Gasteiger partial charge in [0.25, 0.3) is 0 Å². The highest BCUT2D eigenvalue weighted by molar-refractivity contribution is 7.89. The van der Waals surface area contributed by atoms with Crippen molar-refractivity contribution in [3.63, 3.8) is 0 Å². The van der Waals surface area contributed by atoms with Gasteiger partial charge in [-0.05, 0) is 79.5 Å². The highest BCUT2D eigenvalue weighted by atomic mass is 32.2. The van der Waals surface area contributed by atoms with Crippen LogP contribution >= 0.6 is 0 Å². The van der Waals surface area contributed by atoms with Crippen LogP contribution in [-0.2, 0) is 27.7 Å². The van der Waals surface area contributed by atoms with E-state index in [0.717, 1.165) is 42.6 Å². The first-order chi connectivity index (χ1) is 15.4. The third kappa shape index (κ3) is 4.69. The fourth-order valence-electron chi connectivity index (χ4n) is 4.76. The Bertz CT molecular complexity index is 1060. The number of benzene rings is 2. The minimum Gasteiger partial charge on any atom is -0.497 e. The minimum atomic E-state index is -3.52.